The third-order valence-electron chi connectivity index (χ3n) is 2.98. The lowest BCUT2D eigenvalue weighted by Gasteiger charge is -2.15. The molecule has 3 nitrogen and oxygen atoms in total. The van der Waals surface area contributed by atoms with Crippen LogP contribution in [-0.2, 0) is 4.79 Å². The molecule has 4 heteroatoms. The quantitative estimate of drug-likeness (QED) is 0.893. The number of aryl methyl sites for hydroxylation is 1. The van der Waals surface area contributed by atoms with Crippen molar-refractivity contribution in [2.75, 3.05) is 10.6 Å². The molecule has 2 aromatic rings. The first kappa shape index (κ1) is 14.1. The second-order valence-electron chi connectivity index (χ2n) is 4.69. The van der Waals surface area contributed by atoms with Gasteiger partial charge in [0.25, 0.3) is 0 Å². The Morgan fingerprint density at radius 3 is 2.45 bits per heavy atom. The van der Waals surface area contributed by atoms with Gasteiger partial charge in [0.05, 0.1) is 0 Å². The van der Waals surface area contributed by atoms with Gasteiger partial charge < -0.3 is 10.6 Å². The van der Waals surface area contributed by atoms with Crippen LogP contribution < -0.4 is 10.6 Å². The van der Waals surface area contributed by atoms with Crippen molar-refractivity contribution in [3.8, 4) is 0 Å². The van der Waals surface area contributed by atoms with Crippen molar-refractivity contribution in [2.45, 2.75) is 19.9 Å². The van der Waals surface area contributed by atoms with E-state index in [1.165, 1.54) is 6.07 Å². The lowest BCUT2D eigenvalue weighted by Crippen LogP contribution is -2.31. The van der Waals surface area contributed by atoms with Gasteiger partial charge >= 0.3 is 0 Å². The number of carbonyl (C=O) groups excluding carboxylic acids is 1. The van der Waals surface area contributed by atoms with Crippen LogP contribution in [0, 0.1) is 12.7 Å². The second kappa shape index (κ2) is 6.19. The first-order chi connectivity index (χ1) is 9.56. The van der Waals surface area contributed by atoms with Crippen molar-refractivity contribution in [3.63, 3.8) is 0 Å². The summed E-state index contributed by atoms with van der Waals surface area (Å²) in [5, 5.41) is 5.86. The van der Waals surface area contributed by atoms with Crippen molar-refractivity contribution >= 4 is 17.3 Å². The first-order valence-electron chi connectivity index (χ1n) is 6.45. The summed E-state index contributed by atoms with van der Waals surface area (Å²) in [7, 11) is 0. The lowest BCUT2D eigenvalue weighted by molar-refractivity contribution is -0.116. The summed E-state index contributed by atoms with van der Waals surface area (Å²) in [6.07, 6.45) is 0. The fourth-order valence-corrected chi connectivity index (χ4v) is 1.82. The fourth-order valence-electron chi connectivity index (χ4n) is 1.82. The van der Waals surface area contributed by atoms with Gasteiger partial charge in [-0.3, -0.25) is 4.79 Å². The van der Waals surface area contributed by atoms with Gasteiger partial charge in [-0.25, -0.2) is 4.39 Å². The van der Waals surface area contributed by atoms with Crippen molar-refractivity contribution in [1.82, 2.24) is 0 Å². The zero-order chi connectivity index (χ0) is 14.5. The van der Waals surface area contributed by atoms with E-state index in [0.29, 0.717) is 5.56 Å². The molecule has 2 N–H and O–H groups in total. The Balaban J connectivity index is 1.98. The van der Waals surface area contributed by atoms with Gasteiger partial charge in [-0.15, -0.1) is 0 Å². The van der Waals surface area contributed by atoms with E-state index in [4.69, 9.17) is 0 Å². The van der Waals surface area contributed by atoms with E-state index in [2.05, 4.69) is 10.6 Å². The van der Waals surface area contributed by atoms with Crippen LogP contribution in [-0.4, -0.2) is 11.9 Å². The number of carbonyl (C=O) groups is 1. The molecule has 1 amide bonds. The molecule has 104 valence electrons. The minimum atomic E-state index is -0.417. The molecule has 0 fully saturated rings. The molecule has 0 aromatic heterocycles. The van der Waals surface area contributed by atoms with Crippen LogP contribution in [0.1, 0.15) is 12.5 Å². The Morgan fingerprint density at radius 2 is 1.80 bits per heavy atom. The topological polar surface area (TPSA) is 41.1 Å². The van der Waals surface area contributed by atoms with E-state index < -0.39 is 6.04 Å². The fraction of sp³-hybridized carbons (Fsp3) is 0.188. The first-order valence-corrected chi connectivity index (χ1v) is 6.45. The molecule has 2 aromatic carbocycles. The summed E-state index contributed by atoms with van der Waals surface area (Å²) >= 11 is 0. The maximum absolute atomic E-state index is 13.2. The second-order valence-corrected chi connectivity index (χ2v) is 4.69. The number of anilines is 2. The molecule has 0 saturated carbocycles. The molecule has 1 atom stereocenters. The Hall–Kier alpha value is -2.36. The van der Waals surface area contributed by atoms with Gasteiger partial charge in [-0.2, -0.15) is 0 Å². The predicted octanol–water partition coefficient (Wildman–Crippen LogP) is 3.57. The van der Waals surface area contributed by atoms with E-state index in [1.54, 1.807) is 26.0 Å². The zero-order valence-electron chi connectivity index (χ0n) is 11.5. The summed E-state index contributed by atoms with van der Waals surface area (Å²) in [5.41, 5.74) is 2.02. The number of para-hydroxylation sites is 1. The monoisotopic (exact) mass is 272 g/mol. The molecule has 20 heavy (non-hydrogen) atoms. The van der Waals surface area contributed by atoms with E-state index in [1.807, 2.05) is 30.3 Å². The molecule has 0 saturated heterocycles. The number of halogens is 1. The molecule has 0 bridgehead atoms. The number of amides is 1. The summed E-state index contributed by atoms with van der Waals surface area (Å²) < 4.78 is 13.2. The lowest BCUT2D eigenvalue weighted by atomic mass is 10.2. The average molecular weight is 272 g/mol. The van der Waals surface area contributed by atoms with Gasteiger partial charge in [-0.1, -0.05) is 18.2 Å². The molecular weight excluding hydrogens is 255 g/mol. The maximum Gasteiger partial charge on any atom is 0.246 e. The summed E-state index contributed by atoms with van der Waals surface area (Å²) in [4.78, 5) is 12.0. The van der Waals surface area contributed by atoms with Crippen LogP contribution in [0.4, 0.5) is 15.8 Å². The Kier molecular flexibility index (Phi) is 4.35. The average Bonchev–Trinajstić information content (AvgIpc) is 2.44. The Bertz CT molecular complexity index is 599. The molecule has 0 heterocycles. The maximum atomic E-state index is 13.2. The smallest absolute Gasteiger partial charge is 0.246 e. The number of hydrogen-bond acceptors (Lipinski definition) is 2. The number of benzene rings is 2. The number of nitrogens with one attached hydrogen (secondary N) is 2. The highest BCUT2D eigenvalue weighted by Crippen LogP contribution is 2.15. The highest BCUT2D eigenvalue weighted by Gasteiger charge is 2.13. The van der Waals surface area contributed by atoms with Gasteiger partial charge in [0.1, 0.15) is 11.9 Å². The molecule has 0 aliphatic carbocycles. The predicted molar refractivity (Wildman–Crippen MR) is 79.3 cm³/mol. The Morgan fingerprint density at radius 1 is 1.10 bits per heavy atom. The van der Waals surface area contributed by atoms with E-state index in [-0.39, 0.29) is 11.7 Å². The van der Waals surface area contributed by atoms with Crippen molar-refractivity contribution in [3.05, 3.63) is 59.9 Å². The minimum absolute atomic E-state index is 0.141. The molecule has 2 rings (SSSR count). The SMILES string of the molecule is Cc1cc(NC(C)C(=O)Nc2ccccc2)ccc1F. The van der Waals surface area contributed by atoms with Crippen molar-refractivity contribution in [1.29, 1.82) is 0 Å². The molecule has 0 radical (unpaired) electrons. The van der Waals surface area contributed by atoms with Gasteiger partial charge in [0, 0.05) is 11.4 Å². The molecular formula is C16H17FN2O. The van der Waals surface area contributed by atoms with Crippen molar-refractivity contribution < 1.29 is 9.18 Å². The summed E-state index contributed by atoms with van der Waals surface area (Å²) in [6, 6.07) is 13.5. The summed E-state index contributed by atoms with van der Waals surface area (Å²) in [5.74, 6) is -0.393. The third kappa shape index (κ3) is 3.57. The van der Waals surface area contributed by atoms with Gasteiger partial charge in [-0.05, 0) is 49.7 Å². The van der Waals surface area contributed by atoms with Gasteiger partial charge in [0.15, 0.2) is 0 Å². The minimum Gasteiger partial charge on any atom is -0.374 e. The van der Waals surface area contributed by atoms with Crippen LogP contribution in [0.3, 0.4) is 0 Å². The largest absolute Gasteiger partial charge is 0.374 e. The normalized spacial score (nSPS) is 11.8. The van der Waals surface area contributed by atoms with Crippen LogP contribution in [0.25, 0.3) is 0 Å². The molecule has 0 aliphatic heterocycles. The molecule has 0 spiro atoms. The standard InChI is InChI=1S/C16H17FN2O/c1-11-10-14(8-9-15(11)17)18-12(2)16(20)19-13-6-4-3-5-7-13/h3-10,12,18H,1-2H3,(H,19,20). The highest BCUT2D eigenvalue weighted by atomic mass is 19.1. The van der Waals surface area contributed by atoms with Crippen LogP contribution >= 0.6 is 0 Å². The summed E-state index contributed by atoms with van der Waals surface area (Å²) in [6.45, 7) is 3.45. The van der Waals surface area contributed by atoms with Crippen LogP contribution in [0.15, 0.2) is 48.5 Å². The van der Waals surface area contributed by atoms with Crippen molar-refractivity contribution in [2.24, 2.45) is 0 Å². The van der Waals surface area contributed by atoms with Crippen LogP contribution in [0.2, 0.25) is 0 Å². The van der Waals surface area contributed by atoms with Gasteiger partial charge in [0.2, 0.25) is 5.91 Å². The van der Waals surface area contributed by atoms with Crippen LogP contribution in [0.5, 0.6) is 0 Å². The molecule has 1 unspecified atom stereocenters. The number of hydrogen-bond donors (Lipinski definition) is 2. The Labute approximate surface area is 117 Å². The highest BCUT2D eigenvalue weighted by molar-refractivity contribution is 5.96. The van der Waals surface area contributed by atoms with E-state index in [0.717, 1.165) is 11.4 Å². The van der Waals surface area contributed by atoms with E-state index in [9.17, 15) is 9.18 Å². The van der Waals surface area contributed by atoms with E-state index >= 15 is 0 Å². The zero-order valence-corrected chi connectivity index (χ0v) is 11.5. The number of rotatable bonds is 4. The molecule has 0 aliphatic rings. The third-order valence-corrected chi connectivity index (χ3v) is 2.98.